The maximum Gasteiger partial charge on any atom is 0.262 e. The van der Waals surface area contributed by atoms with Gasteiger partial charge < -0.3 is 9.80 Å². The standard InChI is InChI=1S/C22H24BrN3O3/c1-3-24(4-2)12-13-25(17-9-7-8-16(23)14-17)20(27)15-26-21(28)18-10-5-6-11-19(18)22(26)29/h5-11,14H,3-4,12-13,15H2,1-2H3. The first kappa shape index (κ1) is 21.2. The van der Waals surface area contributed by atoms with Crippen molar-refractivity contribution in [1.82, 2.24) is 9.80 Å². The summed E-state index contributed by atoms with van der Waals surface area (Å²) in [6.07, 6.45) is 0. The predicted octanol–water partition coefficient (Wildman–Crippen LogP) is 3.42. The topological polar surface area (TPSA) is 60.9 Å². The van der Waals surface area contributed by atoms with Crippen molar-refractivity contribution in [3.8, 4) is 0 Å². The lowest BCUT2D eigenvalue weighted by atomic mass is 10.1. The van der Waals surface area contributed by atoms with Gasteiger partial charge in [0.05, 0.1) is 11.1 Å². The Morgan fingerprint density at radius 3 is 2.10 bits per heavy atom. The number of amides is 3. The van der Waals surface area contributed by atoms with Crippen LogP contribution in [0.4, 0.5) is 5.69 Å². The smallest absolute Gasteiger partial charge is 0.262 e. The summed E-state index contributed by atoms with van der Waals surface area (Å²) in [4.78, 5) is 43.4. The number of imide groups is 1. The van der Waals surface area contributed by atoms with Crippen LogP contribution in [0.1, 0.15) is 34.6 Å². The third kappa shape index (κ3) is 4.57. The number of likely N-dealkylation sites (N-methyl/N-ethyl adjacent to an activating group) is 1. The molecule has 152 valence electrons. The van der Waals surface area contributed by atoms with Gasteiger partial charge in [-0.1, -0.05) is 48.0 Å². The predicted molar refractivity (Wildman–Crippen MR) is 116 cm³/mol. The van der Waals surface area contributed by atoms with E-state index in [1.54, 1.807) is 29.2 Å². The average molecular weight is 458 g/mol. The van der Waals surface area contributed by atoms with Gasteiger partial charge in [-0.3, -0.25) is 19.3 Å². The SMILES string of the molecule is CCN(CC)CCN(C(=O)CN1C(=O)c2ccccc2C1=O)c1cccc(Br)c1. The maximum absolute atomic E-state index is 13.2. The highest BCUT2D eigenvalue weighted by Gasteiger charge is 2.37. The first-order valence-electron chi connectivity index (χ1n) is 9.69. The fourth-order valence-electron chi connectivity index (χ4n) is 3.43. The van der Waals surface area contributed by atoms with Gasteiger partial charge in [0.1, 0.15) is 6.54 Å². The highest BCUT2D eigenvalue weighted by molar-refractivity contribution is 9.10. The van der Waals surface area contributed by atoms with Crippen LogP contribution in [0.2, 0.25) is 0 Å². The highest BCUT2D eigenvalue weighted by Crippen LogP contribution is 2.24. The summed E-state index contributed by atoms with van der Waals surface area (Å²) >= 11 is 3.45. The number of hydrogen-bond donors (Lipinski definition) is 0. The molecular formula is C22H24BrN3O3. The van der Waals surface area contributed by atoms with Crippen LogP contribution in [0, 0.1) is 0 Å². The van der Waals surface area contributed by atoms with E-state index in [0.717, 1.165) is 28.1 Å². The Morgan fingerprint density at radius 2 is 1.55 bits per heavy atom. The number of carbonyl (C=O) groups excluding carboxylic acids is 3. The van der Waals surface area contributed by atoms with E-state index in [4.69, 9.17) is 0 Å². The van der Waals surface area contributed by atoms with E-state index < -0.39 is 11.8 Å². The summed E-state index contributed by atoms with van der Waals surface area (Å²) in [6, 6.07) is 14.1. The van der Waals surface area contributed by atoms with Crippen molar-refractivity contribution in [1.29, 1.82) is 0 Å². The molecule has 0 radical (unpaired) electrons. The summed E-state index contributed by atoms with van der Waals surface area (Å²) in [5.41, 5.74) is 1.43. The number of carbonyl (C=O) groups is 3. The molecule has 3 amide bonds. The quantitative estimate of drug-likeness (QED) is 0.569. The summed E-state index contributed by atoms with van der Waals surface area (Å²) in [7, 11) is 0. The minimum Gasteiger partial charge on any atom is -0.310 e. The van der Waals surface area contributed by atoms with Gasteiger partial charge in [0.25, 0.3) is 11.8 Å². The van der Waals surface area contributed by atoms with E-state index in [0.29, 0.717) is 24.2 Å². The zero-order valence-electron chi connectivity index (χ0n) is 16.6. The van der Waals surface area contributed by atoms with Gasteiger partial charge in [-0.25, -0.2) is 0 Å². The summed E-state index contributed by atoms with van der Waals surface area (Å²) in [5.74, 6) is -1.13. The average Bonchev–Trinajstić information content (AvgIpc) is 2.96. The molecule has 2 aromatic carbocycles. The monoisotopic (exact) mass is 457 g/mol. The number of nitrogens with zero attached hydrogens (tertiary/aromatic N) is 3. The molecule has 6 nitrogen and oxygen atoms in total. The molecule has 1 heterocycles. The van der Waals surface area contributed by atoms with E-state index in [2.05, 4.69) is 34.7 Å². The van der Waals surface area contributed by atoms with Gasteiger partial charge in [0.15, 0.2) is 0 Å². The molecule has 2 aromatic rings. The largest absolute Gasteiger partial charge is 0.310 e. The number of rotatable bonds is 8. The molecule has 0 N–H and O–H groups in total. The second-order valence-corrected chi connectivity index (χ2v) is 7.71. The van der Waals surface area contributed by atoms with E-state index in [9.17, 15) is 14.4 Å². The maximum atomic E-state index is 13.2. The highest BCUT2D eigenvalue weighted by atomic mass is 79.9. The van der Waals surface area contributed by atoms with Gasteiger partial charge in [0, 0.05) is 23.2 Å². The zero-order chi connectivity index (χ0) is 21.0. The van der Waals surface area contributed by atoms with Crippen LogP contribution in [0.3, 0.4) is 0 Å². The summed E-state index contributed by atoms with van der Waals surface area (Å²) < 4.78 is 0.858. The van der Waals surface area contributed by atoms with E-state index in [1.807, 2.05) is 24.3 Å². The van der Waals surface area contributed by atoms with Gasteiger partial charge >= 0.3 is 0 Å². The Bertz CT molecular complexity index is 892. The third-order valence-corrected chi connectivity index (χ3v) is 5.62. The molecule has 7 heteroatoms. The molecular weight excluding hydrogens is 434 g/mol. The fraction of sp³-hybridized carbons (Fsp3) is 0.318. The zero-order valence-corrected chi connectivity index (χ0v) is 18.2. The second kappa shape index (κ2) is 9.33. The molecule has 0 unspecified atom stereocenters. The Hall–Kier alpha value is -2.51. The van der Waals surface area contributed by atoms with Crippen molar-refractivity contribution in [2.75, 3.05) is 37.6 Å². The Morgan fingerprint density at radius 1 is 0.931 bits per heavy atom. The molecule has 0 bridgehead atoms. The van der Waals surface area contributed by atoms with Crippen LogP contribution >= 0.6 is 15.9 Å². The van der Waals surface area contributed by atoms with Gasteiger partial charge in [-0.15, -0.1) is 0 Å². The molecule has 3 rings (SSSR count). The Balaban J connectivity index is 1.81. The van der Waals surface area contributed by atoms with E-state index >= 15 is 0 Å². The molecule has 0 saturated carbocycles. The van der Waals surface area contributed by atoms with E-state index in [-0.39, 0.29) is 12.5 Å². The van der Waals surface area contributed by atoms with Crippen molar-refractivity contribution in [2.45, 2.75) is 13.8 Å². The summed E-state index contributed by atoms with van der Waals surface area (Å²) in [5, 5.41) is 0. The molecule has 1 aliphatic rings. The van der Waals surface area contributed by atoms with Gasteiger partial charge in [0.2, 0.25) is 5.91 Å². The van der Waals surface area contributed by atoms with Crippen LogP contribution in [0.15, 0.2) is 53.0 Å². The number of benzene rings is 2. The Kier molecular flexibility index (Phi) is 6.82. The lowest BCUT2D eigenvalue weighted by molar-refractivity contribution is -0.119. The van der Waals surface area contributed by atoms with Gasteiger partial charge in [-0.05, 0) is 43.4 Å². The number of hydrogen-bond acceptors (Lipinski definition) is 4. The number of anilines is 1. The summed E-state index contributed by atoms with van der Waals surface area (Å²) in [6.45, 7) is 6.82. The molecule has 0 spiro atoms. The van der Waals surface area contributed by atoms with Crippen molar-refractivity contribution >= 4 is 39.3 Å². The lowest BCUT2D eigenvalue weighted by Crippen LogP contribution is -2.45. The molecule has 0 atom stereocenters. The minimum absolute atomic E-state index is 0.281. The lowest BCUT2D eigenvalue weighted by Gasteiger charge is -2.28. The van der Waals surface area contributed by atoms with Crippen LogP contribution in [-0.2, 0) is 4.79 Å². The second-order valence-electron chi connectivity index (χ2n) is 6.79. The molecule has 0 saturated heterocycles. The normalized spacial score (nSPS) is 13.2. The van der Waals surface area contributed by atoms with Crippen molar-refractivity contribution < 1.29 is 14.4 Å². The minimum atomic E-state index is -0.420. The van der Waals surface area contributed by atoms with Crippen LogP contribution in [0.25, 0.3) is 0 Å². The van der Waals surface area contributed by atoms with Gasteiger partial charge in [-0.2, -0.15) is 0 Å². The molecule has 0 aromatic heterocycles. The molecule has 29 heavy (non-hydrogen) atoms. The third-order valence-electron chi connectivity index (χ3n) is 5.13. The molecule has 0 fully saturated rings. The fourth-order valence-corrected chi connectivity index (χ4v) is 3.81. The van der Waals surface area contributed by atoms with Crippen molar-refractivity contribution in [3.63, 3.8) is 0 Å². The van der Waals surface area contributed by atoms with Crippen LogP contribution < -0.4 is 4.90 Å². The first-order valence-corrected chi connectivity index (χ1v) is 10.5. The molecule has 1 aliphatic heterocycles. The molecule has 0 aliphatic carbocycles. The van der Waals surface area contributed by atoms with Crippen LogP contribution in [0.5, 0.6) is 0 Å². The number of fused-ring (bicyclic) bond motifs is 1. The first-order chi connectivity index (χ1) is 14.0. The van der Waals surface area contributed by atoms with Crippen molar-refractivity contribution in [2.24, 2.45) is 0 Å². The Labute approximate surface area is 179 Å². The van der Waals surface area contributed by atoms with Crippen molar-refractivity contribution in [3.05, 3.63) is 64.1 Å². The van der Waals surface area contributed by atoms with E-state index in [1.165, 1.54) is 0 Å². The van der Waals surface area contributed by atoms with Crippen LogP contribution in [-0.4, -0.2) is 60.2 Å². The number of halogens is 1.